The first kappa shape index (κ1) is 18.8. The number of anilines is 2. The lowest BCUT2D eigenvalue weighted by Gasteiger charge is -2.06. The van der Waals surface area contributed by atoms with Crippen LogP contribution in [0.4, 0.5) is 15.2 Å². The zero-order valence-corrected chi connectivity index (χ0v) is 15.3. The van der Waals surface area contributed by atoms with Crippen molar-refractivity contribution in [2.45, 2.75) is 0 Å². The van der Waals surface area contributed by atoms with E-state index >= 15 is 0 Å². The Morgan fingerprint density at radius 2 is 1.96 bits per heavy atom. The molecule has 138 valence electrons. The van der Waals surface area contributed by atoms with Gasteiger partial charge >= 0.3 is 5.97 Å². The van der Waals surface area contributed by atoms with Crippen molar-refractivity contribution >= 4 is 45.6 Å². The number of benzene rings is 2. The second kappa shape index (κ2) is 8.15. The van der Waals surface area contributed by atoms with Crippen LogP contribution >= 0.6 is 22.9 Å². The number of ether oxygens (including phenoxy) is 1. The number of nitrogens with one attached hydrogen (secondary N) is 1. The van der Waals surface area contributed by atoms with E-state index in [1.54, 1.807) is 17.5 Å². The maximum absolute atomic E-state index is 13.0. The van der Waals surface area contributed by atoms with Gasteiger partial charge in [-0.05, 0) is 42.5 Å². The number of aromatic nitrogens is 1. The predicted molar refractivity (Wildman–Crippen MR) is 102 cm³/mol. The van der Waals surface area contributed by atoms with Gasteiger partial charge in [-0.3, -0.25) is 10.1 Å². The standard InChI is InChI=1S/C18H13ClFN3O3S/c19-13-6-3-11(7-14(13)21)17(25)26-8-16(24)23-18-22-15(9-27-18)10-1-4-12(20)5-2-10/h1-7,9H,8,21H2,(H,22,23,24). The molecule has 0 fully saturated rings. The van der Waals surface area contributed by atoms with E-state index in [0.29, 0.717) is 15.8 Å². The van der Waals surface area contributed by atoms with Crippen LogP contribution < -0.4 is 11.1 Å². The Bertz CT molecular complexity index is 992. The fourth-order valence-corrected chi connectivity index (χ4v) is 2.98. The molecule has 3 N–H and O–H groups in total. The van der Waals surface area contributed by atoms with Gasteiger partial charge in [-0.1, -0.05) is 11.6 Å². The molecule has 1 aromatic heterocycles. The second-order valence-corrected chi connectivity index (χ2v) is 6.67. The molecule has 0 bridgehead atoms. The molecule has 0 aliphatic rings. The minimum atomic E-state index is -0.695. The van der Waals surface area contributed by atoms with Crippen molar-refractivity contribution in [3.8, 4) is 11.3 Å². The lowest BCUT2D eigenvalue weighted by molar-refractivity contribution is -0.119. The fraction of sp³-hybridized carbons (Fsp3) is 0.0556. The minimum absolute atomic E-state index is 0.192. The van der Waals surface area contributed by atoms with Gasteiger partial charge in [0.25, 0.3) is 5.91 Å². The van der Waals surface area contributed by atoms with Crippen LogP contribution in [0.15, 0.2) is 47.8 Å². The summed E-state index contributed by atoms with van der Waals surface area (Å²) in [5.74, 6) is -1.57. The Labute approximate surface area is 162 Å². The zero-order valence-electron chi connectivity index (χ0n) is 13.7. The molecule has 9 heteroatoms. The number of carbonyl (C=O) groups is 2. The lowest BCUT2D eigenvalue weighted by Crippen LogP contribution is -2.20. The van der Waals surface area contributed by atoms with Crippen LogP contribution in [0.25, 0.3) is 11.3 Å². The van der Waals surface area contributed by atoms with Crippen molar-refractivity contribution in [2.24, 2.45) is 0 Å². The summed E-state index contributed by atoms with van der Waals surface area (Å²) in [6, 6.07) is 10.1. The number of amides is 1. The van der Waals surface area contributed by atoms with Gasteiger partial charge < -0.3 is 10.5 Å². The quantitative estimate of drug-likeness (QED) is 0.494. The molecule has 6 nitrogen and oxygen atoms in total. The molecule has 0 spiro atoms. The van der Waals surface area contributed by atoms with Gasteiger partial charge in [-0.15, -0.1) is 11.3 Å². The van der Waals surface area contributed by atoms with Gasteiger partial charge in [0.15, 0.2) is 11.7 Å². The number of thiazole rings is 1. The van der Waals surface area contributed by atoms with E-state index in [4.69, 9.17) is 22.1 Å². The second-order valence-electron chi connectivity index (χ2n) is 5.41. The molecule has 1 amide bonds. The van der Waals surface area contributed by atoms with E-state index in [-0.39, 0.29) is 17.1 Å². The lowest BCUT2D eigenvalue weighted by atomic mass is 10.2. The van der Waals surface area contributed by atoms with E-state index in [2.05, 4.69) is 10.3 Å². The van der Waals surface area contributed by atoms with Crippen molar-refractivity contribution in [2.75, 3.05) is 17.7 Å². The number of rotatable bonds is 5. The summed E-state index contributed by atoms with van der Waals surface area (Å²) in [5.41, 5.74) is 7.39. The Balaban J connectivity index is 1.55. The highest BCUT2D eigenvalue weighted by Crippen LogP contribution is 2.25. The maximum Gasteiger partial charge on any atom is 0.338 e. The molecule has 3 rings (SSSR count). The minimum Gasteiger partial charge on any atom is -0.452 e. The van der Waals surface area contributed by atoms with Crippen LogP contribution in [0.2, 0.25) is 5.02 Å². The average molecular weight is 406 g/mol. The van der Waals surface area contributed by atoms with Crippen LogP contribution in [0.3, 0.4) is 0 Å². The summed E-state index contributed by atoms with van der Waals surface area (Å²) in [5, 5.41) is 4.93. The van der Waals surface area contributed by atoms with Crippen LogP contribution in [-0.2, 0) is 9.53 Å². The molecule has 1 heterocycles. The molecule has 0 radical (unpaired) electrons. The van der Waals surface area contributed by atoms with Gasteiger partial charge in [-0.25, -0.2) is 14.2 Å². The largest absolute Gasteiger partial charge is 0.452 e. The Hall–Kier alpha value is -2.97. The molecular weight excluding hydrogens is 393 g/mol. The first-order valence-electron chi connectivity index (χ1n) is 7.66. The molecule has 0 aliphatic carbocycles. The molecular formula is C18H13ClFN3O3S. The van der Waals surface area contributed by atoms with E-state index < -0.39 is 18.5 Å². The van der Waals surface area contributed by atoms with Crippen molar-refractivity contribution in [1.82, 2.24) is 4.98 Å². The first-order chi connectivity index (χ1) is 12.9. The van der Waals surface area contributed by atoms with E-state index in [9.17, 15) is 14.0 Å². The van der Waals surface area contributed by atoms with Gasteiger partial charge in [0, 0.05) is 10.9 Å². The number of carbonyl (C=O) groups excluding carboxylic acids is 2. The van der Waals surface area contributed by atoms with Crippen molar-refractivity contribution in [3.05, 3.63) is 64.2 Å². The Morgan fingerprint density at radius 3 is 2.67 bits per heavy atom. The van der Waals surface area contributed by atoms with Gasteiger partial charge in [0.2, 0.25) is 0 Å². The monoisotopic (exact) mass is 405 g/mol. The smallest absolute Gasteiger partial charge is 0.338 e. The summed E-state index contributed by atoms with van der Waals surface area (Å²) < 4.78 is 17.9. The molecule has 2 aromatic carbocycles. The zero-order chi connectivity index (χ0) is 19.4. The van der Waals surface area contributed by atoms with Crippen molar-refractivity contribution < 1.29 is 18.7 Å². The number of halogens is 2. The molecule has 0 aliphatic heterocycles. The van der Waals surface area contributed by atoms with Crippen molar-refractivity contribution in [3.63, 3.8) is 0 Å². The Kier molecular flexibility index (Phi) is 5.68. The maximum atomic E-state index is 13.0. The molecule has 3 aromatic rings. The third kappa shape index (κ3) is 4.81. The summed E-state index contributed by atoms with van der Waals surface area (Å²) >= 11 is 6.99. The third-order valence-electron chi connectivity index (χ3n) is 3.46. The SMILES string of the molecule is Nc1cc(C(=O)OCC(=O)Nc2nc(-c3ccc(F)cc3)cs2)ccc1Cl. The number of nitrogens with zero attached hydrogens (tertiary/aromatic N) is 1. The predicted octanol–water partition coefficient (Wildman–Crippen LogP) is 3.98. The topological polar surface area (TPSA) is 94.3 Å². The van der Waals surface area contributed by atoms with Crippen LogP contribution in [0.5, 0.6) is 0 Å². The fourth-order valence-electron chi connectivity index (χ4n) is 2.12. The molecule has 0 saturated carbocycles. The molecule has 0 atom stereocenters. The van der Waals surface area contributed by atoms with E-state index in [1.165, 1.54) is 41.7 Å². The van der Waals surface area contributed by atoms with Gasteiger partial charge in [0.05, 0.1) is 22.0 Å². The third-order valence-corrected chi connectivity index (χ3v) is 4.56. The summed E-state index contributed by atoms with van der Waals surface area (Å²) in [6.07, 6.45) is 0. The average Bonchev–Trinajstić information content (AvgIpc) is 3.11. The summed E-state index contributed by atoms with van der Waals surface area (Å²) in [7, 11) is 0. The van der Waals surface area contributed by atoms with Gasteiger partial charge in [0.1, 0.15) is 5.82 Å². The summed E-state index contributed by atoms with van der Waals surface area (Å²) in [6.45, 7) is -0.479. The van der Waals surface area contributed by atoms with Crippen molar-refractivity contribution in [1.29, 1.82) is 0 Å². The number of nitrogen functional groups attached to an aromatic ring is 1. The van der Waals surface area contributed by atoms with E-state index in [1.807, 2.05) is 0 Å². The molecule has 0 saturated heterocycles. The molecule has 27 heavy (non-hydrogen) atoms. The van der Waals surface area contributed by atoms with Crippen LogP contribution in [0, 0.1) is 5.82 Å². The normalized spacial score (nSPS) is 10.4. The highest BCUT2D eigenvalue weighted by atomic mass is 35.5. The van der Waals surface area contributed by atoms with Gasteiger partial charge in [-0.2, -0.15) is 0 Å². The number of hydrogen-bond donors (Lipinski definition) is 2. The number of esters is 1. The number of nitrogens with two attached hydrogens (primary N) is 1. The highest BCUT2D eigenvalue weighted by Gasteiger charge is 2.13. The van der Waals surface area contributed by atoms with Crippen LogP contribution in [-0.4, -0.2) is 23.5 Å². The highest BCUT2D eigenvalue weighted by molar-refractivity contribution is 7.14. The van der Waals surface area contributed by atoms with E-state index in [0.717, 1.165) is 5.56 Å². The Morgan fingerprint density at radius 1 is 1.22 bits per heavy atom. The number of hydrogen-bond acceptors (Lipinski definition) is 6. The molecule has 0 unspecified atom stereocenters. The summed E-state index contributed by atoms with van der Waals surface area (Å²) in [4.78, 5) is 28.1. The first-order valence-corrected chi connectivity index (χ1v) is 8.91. The van der Waals surface area contributed by atoms with Crippen LogP contribution in [0.1, 0.15) is 10.4 Å².